The molecule has 7 nitrogen and oxygen atoms in total. The van der Waals surface area contributed by atoms with Gasteiger partial charge in [0.05, 0.1) is 11.6 Å². The van der Waals surface area contributed by atoms with Crippen molar-refractivity contribution in [3.8, 4) is 0 Å². The SMILES string of the molecule is C=C(C1=CC(Cl)=CNC1N)C1=NC(NC[C@H]2CCCN(C(=O)c3ccc(F)c(F)c3)C2)=C(F)CN1. The number of carbonyl (C=O) groups is 1. The second-order valence-electron chi connectivity index (χ2n) is 8.59. The number of halogens is 4. The van der Waals surface area contributed by atoms with Crippen molar-refractivity contribution in [2.75, 3.05) is 26.2 Å². The highest BCUT2D eigenvalue weighted by atomic mass is 35.5. The first-order chi connectivity index (χ1) is 16.7. The fourth-order valence-electron chi connectivity index (χ4n) is 4.19. The number of carbonyl (C=O) groups excluding carboxylic acids is 1. The van der Waals surface area contributed by atoms with Gasteiger partial charge in [-0.2, -0.15) is 0 Å². The number of aliphatic imine (C=N–C) groups is 1. The molecule has 0 bridgehead atoms. The number of allylic oxidation sites excluding steroid dienone is 2. The molecule has 11 heteroatoms. The van der Waals surface area contributed by atoms with Gasteiger partial charge >= 0.3 is 0 Å². The number of amidine groups is 1. The van der Waals surface area contributed by atoms with Crippen LogP contribution in [0, 0.1) is 17.6 Å². The fraction of sp³-hybridized carbons (Fsp3) is 0.333. The summed E-state index contributed by atoms with van der Waals surface area (Å²) < 4.78 is 41.3. The quantitative estimate of drug-likeness (QED) is 0.476. The number of rotatable bonds is 6. The fourth-order valence-corrected chi connectivity index (χ4v) is 4.37. The van der Waals surface area contributed by atoms with E-state index in [-0.39, 0.29) is 29.8 Å². The lowest BCUT2D eigenvalue weighted by atomic mass is 9.97. The summed E-state index contributed by atoms with van der Waals surface area (Å²) in [7, 11) is 0. The lowest BCUT2D eigenvalue weighted by Crippen LogP contribution is -2.44. The lowest BCUT2D eigenvalue weighted by Gasteiger charge is -2.33. The van der Waals surface area contributed by atoms with Crippen LogP contribution in [0.1, 0.15) is 23.2 Å². The molecule has 3 aliphatic rings. The molecule has 1 amide bonds. The summed E-state index contributed by atoms with van der Waals surface area (Å²) in [5.74, 6) is -2.39. The highest BCUT2D eigenvalue weighted by molar-refractivity contribution is 6.31. The molecular weight excluding hydrogens is 481 g/mol. The van der Waals surface area contributed by atoms with Crippen LogP contribution in [0.25, 0.3) is 0 Å². The van der Waals surface area contributed by atoms with Crippen molar-refractivity contribution >= 4 is 23.3 Å². The molecule has 35 heavy (non-hydrogen) atoms. The Kier molecular flexibility index (Phi) is 7.51. The van der Waals surface area contributed by atoms with Gasteiger partial charge in [-0.25, -0.2) is 18.2 Å². The Hall–Kier alpha value is -3.24. The van der Waals surface area contributed by atoms with Gasteiger partial charge in [0, 0.05) is 42.5 Å². The van der Waals surface area contributed by atoms with E-state index in [1.807, 2.05) is 0 Å². The Labute approximate surface area is 206 Å². The van der Waals surface area contributed by atoms with E-state index in [0.717, 1.165) is 25.0 Å². The number of piperidine rings is 1. The van der Waals surface area contributed by atoms with Gasteiger partial charge in [-0.1, -0.05) is 18.2 Å². The maximum absolute atomic E-state index is 14.5. The Balaban J connectivity index is 1.39. The highest BCUT2D eigenvalue weighted by Gasteiger charge is 2.27. The van der Waals surface area contributed by atoms with E-state index in [0.29, 0.717) is 41.6 Å². The van der Waals surface area contributed by atoms with E-state index in [1.165, 1.54) is 6.07 Å². The standard InChI is InChI=1S/C24H26ClF3N6O/c1-13(17-8-16(25)10-30-21(17)29)22-32-11-20(28)23(33-22)31-9-14-3-2-6-34(12-14)24(35)15-4-5-18(26)19(27)7-15/h4-5,7-8,10,14,21,30-31H,1-3,6,9,11-12,29H2,(H,32,33)/t14-,21?/m1/s1. The molecule has 1 unspecified atom stereocenters. The Morgan fingerprint density at radius 3 is 2.89 bits per heavy atom. The minimum absolute atomic E-state index is 0.0256. The molecule has 1 aromatic rings. The second-order valence-corrected chi connectivity index (χ2v) is 9.02. The summed E-state index contributed by atoms with van der Waals surface area (Å²) in [6, 6.07) is 3.12. The number of dihydropyridines is 1. The highest BCUT2D eigenvalue weighted by Crippen LogP contribution is 2.23. The van der Waals surface area contributed by atoms with Crippen molar-refractivity contribution in [2.45, 2.75) is 19.0 Å². The van der Waals surface area contributed by atoms with Crippen LogP contribution in [0.15, 0.2) is 69.9 Å². The van der Waals surface area contributed by atoms with Crippen molar-refractivity contribution in [1.29, 1.82) is 0 Å². The van der Waals surface area contributed by atoms with Gasteiger partial charge in [0.15, 0.2) is 23.3 Å². The summed E-state index contributed by atoms with van der Waals surface area (Å²) in [4.78, 5) is 18.7. The molecule has 3 heterocycles. The van der Waals surface area contributed by atoms with Crippen LogP contribution in [0.5, 0.6) is 0 Å². The first-order valence-corrected chi connectivity index (χ1v) is 11.6. The van der Waals surface area contributed by atoms with Crippen LogP contribution in [0.4, 0.5) is 13.2 Å². The zero-order valence-corrected chi connectivity index (χ0v) is 19.6. The smallest absolute Gasteiger partial charge is 0.253 e. The van der Waals surface area contributed by atoms with Crippen LogP contribution in [-0.4, -0.2) is 49.0 Å². The number of likely N-dealkylation sites (tertiary alicyclic amines) is 1. The predicted molar refractivity (Wildman–Crippen MR) is 129 cm³/mol. The molecule has 3 aliphatic heterocycles. The summed E-state index contributed by atoms with van der Waals surface area (Å²) in [6.45, 7) is 5.26. The molecule has 1 aromatic carbocycles. The van der Waals surface area contributed by atoms with E-state index < -0.39 is 23.6 Å². The second kappa shape index (κ2) is 10.6. The summed E-state index contributed by atoms with van der Waals surface area (Å²) in [6.07, 6.45) is 4.29. The summed E-state index contributed by atoms with van der Waals surface area (Å²) in [5.41, 5.74) is 7.28. The Morgan fingerprint density at radius 1 is 1.31 bits per heavy atom. The topological polar surface area (TPSA) is 94.8 Å². The maximum atomic E-state index is 14.5. The van der Waals surface area contributed by atoms with Crippen LogP contribution in [-0.2, 0) is 0 Å². The number of amides is 1. The van der Waals surface area contributed by atoms with Crippen LogP contribution in [0.2, 0.25) is 0 Å². The predicted octanol–water partition coefficient (Wildman–Crippen LogP) is 3.00. The maximum Gasteiger partial charge on any atom is 0.253 e. The van der Waals surface area contributed by atoms with Gasteiger partial charge < -0.3 is 26.6 Å². The van der Waals surface area contributed by atoms with Gasteiger partial charge in [-0.15, -0.1) is 0 Å². The van der Waals surface area contributed by atoms with E-state index >= 15 is 0 Å². The molecule has 2 atom stereocenters. The molecule has 5 N–H and O–H groups in total. The number of nitrogens with one attached hydrogen (secondary N) is 3. The largest absolute Gasteiger partial charge is 0.371 e. The third kappa shape index (κ3) is 5.71. The average molecular weight is 507 g/mol. The van der Waals surface area contributed by atoms with E-state index in [9.17, 15) is 18.0 Å². The van der Waals surface area contributed by atoms with Crippen molar-refractivity contribution < 1.29 is 18.0 Å². The monoisotopic (exact) mass is 506 g/mol. The van der Waals surface area contributed by atoms with Crippen LogP contribution < -0.4 is 21.7 Å². The molecule has 4 rings (SSSR count). The molecule has 0 spiro atoms. The van der Waals surface area contributed by atoms with Gasteiger partial charge in [0.25, 0.3) is 5.91 Å². The van der Waals surface area contributed by atoms with Gasteiger partial charge in [-0.3, -0.25) is 4.79 Å². The average Bonchev–Trinajstić information content (AvgIpc) is 2.86. The van der Waals surface area contributed by atoms with Crippen LogP contribution in [0.3, 0.4) is 0 Å². The van der Waals surface area contributed by atoms with Crippen LogP contribution >= 0.6 is 11.6 Å². The van der Waals surface area contributed by atoms with Gasteiger partial charge in [0.2, 0.25) is 0 Å². The zero-order chi connectivity index (χ0) is 25.1. The Morgan fingerprint density at radius 2 is 2.11 bits per heavy atom. The third-order valence-electron chi connectivity index (χ3n) is 6.09. The van der Waals surface area contributed by atoms with Gasteiger partial charge in [-0.05, 0) is 43.0 Å². The number of nitrogens with two attached hydrogens (primary N) is 1. The molecule has 0 aliphatic carbocycles. The first kappa shape index (κ1) is 24.9. The minimum Gasteiger partial charge on any atom is -0.371 e. The van der Waals surface area contributed by atoms with E-state index in [4.69, 9.17) is 17.3 Å². The zero-order valence-electron chi connectivity index (χ0n) is 18.9. The molecular formula is C24H26ClF3N6O. The number of benzene rings is 1. The van der Waals surface area contributed by atoms with E-state index in [2.05, 4.69) is 27.5 Å². The third-order valence-corrected chi connectivity index (χ3v) is 6.30. The number of hydrogen-bond donors (Lipinski definition) is 4. The molecule has 0 radical (unpaired) electrons. The number of hydrogen-bond acceptors (Lipinski definition) is 6. The normalized spacial score (nSPS) is 22.4. The minimum atomic E-state index is -1.06. The van der Waals surface area contributed by atoms with Crippen molar-refractivity contribution in [3.63, 3.8) is 0 Å². The molecule has 1 fully saturated rings. The Bertz CT molecular complexity index is 1160. The number of nitrogens with zero attached hydrogens (tertiary/aromatic N) is 2. The lowest BCUT2D eigenvalue weighted by molar-refractivity contribution is 0.0674. The summed E-state index contributed by atoms with van der Waals surface area (Å²) >= 11 is 6.06. The molecule has 186 valence electrons. The molecule has 0 aromatic heterocycles. The van der Waals surface area contributed by atoms with Gasteiger partial charge in [0.1, 0.15) is 12.0 Å². The molecule has 1 saturated heterocycles. The summed E-state index contributed by atoms with van der Waals surface area (Å²) in [5, 5.41) is 9.32. The first-order valence-electron chi connectivity index (χ1n) is 11.2. The van der Waals surface area contributed by atoms with Crippen molar-refractivity contribution in [2.24, 2.45) is 16.6 Å². The van der Waals surface area contributed by atoms with Crippen molar-refractivity contribution in [1.82, 2.24) is 20.9 Å². The van der Waals surface area contributed by atoms with E-state index in [1.54, 1.807) is 17.2 Å². The van der Waals surface area contributed by atoms with Crippen molar-refractivity contribution in [3.05, 3.63) is 82.1 Å². The molecule has 0 saturated carbocycles.